The van der Waals surface area contributed by atoms with Gasteiger partial charge in [0.25, 0.3) is 0 Å². The molecule has 0 aromatic heterocycles. The molecule has 3 nitrogen and oxygen atoms in total. The average molecular weight is 334 g/mol. The molecule has 1 aromatic carbocycles. The average Bonchev–Trinajstić information content (AvgIpc) is 2.23. The zero-order valence-electron chi connectivity index (χ0n) is 7.41. The molecule has 0 bridgehead atoms. The van der Waals surface area contributed by atoms with E-state index in [0.717, 1.165) is 0 Å². The number of fused-ring (bicyclic) bond motifs is 1. The Balaban J connectivity index is 2.70. The van der Waals surface area contributed by atoms with Gasteiger partial charge in [-0.2, -0.15) is 0 Å². The fourth-order valence-electron chi connectivity index (χ4n) is 1.56. The third kappa shape index (κ3) is 1.54. The molecule has 0 amide bonds. The van der Waals surface area contributed by atoms with E-state index in [9.17, 15) is 14.7 Å². The summed E-state index contributed by atoms with van der Waals surface area (Å²) < 4.78 is 0. The molecule has 1 N–H and O–H groups in total. The lowest BCUT2D eigenvalue weighted by Gasteiger charge is -2.23. The highest BCUT2D eigenvalue weighted by atomic mass is 79.9. The lowest BCUT2D eigenvalue weighted by molar-refractivity contribution is 0.0905. The van der Waals surface area contributed by atoms with Crippen LogP contribution in [0.5, 0.6) is 5.75 Å². The maximum absolute atomic E-state index is 11.8. The first kappa shape index (κ1) is 10.8. The number of alkyl halides is 2. The molecule has 0 heterocycles. The first-order chi connectivity index (χ1) is 7.04. The van der Waals surface area contributed by atoms with Crippen molar-refractivity contribution < 1.29 is 14.7 Å². The summed E-state index contributed by atoms with van der Waals surface area (Å²) in [5.74, 6) is -0.610. The minimum atomic E-state index is -0.620. The molecule has 0 aliphatic heterocycles. The summed E-state index contributed by atoms with van der Waals surface area (Å²) in [6, 6.07) is 4.49. The second kappa shape index (κ2) is 3.72. The lowest BCUT2D eigenvalue weighted by Crippen LogP contribution is -2.37. The van der Waals surface area contributed by atoms with Gasteiger partial charge < -0.3 is 5.11 Å². The van der Waals surface area contributed by atoms with Crippen molar-refractivity contribution in [3.8, 4) is 5.75 Å². The number of benzene rings is 1. The number of phenolic OH excluding ortho intramolecular Hbond substituents is 1. The molecule has 0 radical (unpaired) electrons. The topological polar surface area (TPSA) is 54.4 Å². The molecule has 0 spiro atoms. The second-order valence-electron chi connectivity index (χ2n) is 3.23. The molecule has 78 valence electrons. The monoisotopic (exact) mass is 332 g/mol. The zero-order chi connectivity index (χ0) is 11.2. The summed E-state index contributed by atoms with van der Waals surface area (Å²) in [5, 5.41) is 9.54. The van der Waals surface area contributed by atoms with Crippen LogP contribution in [-0.4, -0.2) is 26.3 Å². The number of Topliss-reactive ketones (excluding diaryl/α,β-unsaturated/α-hetero) is 2. The Morgan fingerprint density at radius 1 is 1.07 bits per heavy atom. The van der Waals surface area contributed by atoms with Crippen LogP contribution in [0.2, 0.25) is 0 Å². The zero-order valence-corrected chi connectivity index (χ0v) is 10.6. The number of hydrogen-bond acceptors (Lipinski definition) is 3. The van der Waals surface area contributed by atoms with Crippen molar-refractivity contribution in [2.75, 3.05) is 0 Å². The van der Waals surface area contributed by atoms with Gasteiger partial charge in [-0.1, -0.05) is 44.0 Å². The first-order valence-corrected chi connectivity index (χ1v) is 6.05. The summed E-state index contributed by atoms with van der Waals surface area (Å²) in [7, 11) is 0. The van der Waals surface area contributed by atoms with Gasteiger partial charge in [-0.05, 0) is 6.07 Å². The van der Waals surface area contributed by atoms with Crippen LogP contribution in [0.4, 0.5) is 0 Å². The molecule has 1 aromatic rings. The summed E-state index contributed by atoms with van der Waals surface area (Å²) in [5.41, 5.74) is 0.387. The Kier molecular flexibility index (Phi) is 2.68. The third-order valence-electron chi connectivity index (χ3n) is 2.31. The van der Waals surface area contributed by atoms with Crippen LogP contribution >= 0.6 is 31.9 Å². The van der Waals surface area contributed by atoms with Gasteiger partial charge in [0.1, 0.15) is 5.75 Å². The van der Waals surface area contributed by atoms with Gasteiger partial charge in [0, 0.05) is 5.56 Å². The van der Waals surface area contributed by atoms with Crippen molar-refractivity contribution in [2.45, 2.75) is 9.65 Å². The van der Waals surface area contributed by atoms with Crippen molar-refractivity contribution >= 4 is 43.4 Å². The Hall–Kier alpha value is -0.680. The maximum Gasteiger partial charge on any atom is 0.182 e. The number of rotatable bonds is 0. The van der Waals surface area contributed by atoms with E-state index in [-0.39, 0.29) is 28.4 Å². The summed E-state index contributed by atoms with van der Waals surface area (Å²) >= 11 is 6.29. The Morgan fingerprint density at radius 3 is 2.33 bits per heavy atom. The molecule has 0 saturated heterocycles. The molecule has 5 heteroatoms. The molecule has 2 rings (SSSR count). The number of hydrogen-bond donors (Lipinski definition) is 1. The van der Waals surface area contributed by atoms with Gasteiger partial charge in [-0.3, -0.25) is 9.59 Å². The minimum Gasteiger partial charge on any atom is -0.507 e. The Morgan fingerprint density at radius 2 is 1.67 bits per heavy atom. The molecule has 2 atom stereocenters. The summed E-state index contributed by atoms with van der Waals surface area (Å²) in [4.78, 5) is 22.4. The molecule has 0 fully saturated rings. The van der Waals surface area contributed by atoms with Gasteiger partial charge in [0.15, 0.2) is 11.6 Å². The van der Waals surface area contributed by atoms with Crippen LogP contribution < -0.4 is 0 Å². The number of carbonyl (C=O) groups is 2. The van der Waals surface area contributed by atoms with Crippen LogP contribution in [0.3, 0.4) is 0 Å². The van der Waals surface area contributed by atoms with Crippen LogP contribution in [0.25, 0.3) is 0 Å². The number of phenols is 1. The van der Waals surface area contributed by atoms with Gasteiger partial charge in [-0.15, -0.1) is 0 Å². The summed E-state index contributed by atoms with van der Waals surface area (Å²) in [6.07, 6.45) is 0. The lowest BCUT2D eigenvalue weighted by atomic mass is 9.89. The van der Waals surface area contributed by atoms with Crippen molar-refractivity contribution in [1.82, 2.24) is 0 Å². The van der Waals surface area contributed by atoms with Crippen LogP contribution in [0, 0.1) is 0 Å². The number of ketones is 2. The number of carbonyl (C=O) groups excluding carboxylic acids is 2. The maximum atomic E-state index is 11.8. The van der Waals surface area contributed by atoms with Gasteiger partial charge in [0.2, 0.25) is 0 Å². The van der Waals surface area contributed by atoms with E-state index in [0.29, 0.717) is 0 Å². The van der Waals surface area contributed by atoms with Crippen molar-refractivity contribution in [3.63, 3.8) is 0 Å². The van der Waals surface area contributed by atoms with E-state index < -0.39 is 9.65 Å². The fourth-order valence-corrected chi connectivity index (χ4v) is 2.51. The summed E-state index contributed by atoms with van der Waals surface area (Å²) in [6.45, 7) is 0. The van der Waals surface area contributed by atoms with Crippen LogP contribution in [0.1, 0.15) is 20.7 Å². The molecular weight excluding hydrogens is 328 g/mol. The minimum absolute atomic E-state index is 0.111. The molecule has 1 aliphatic carbocycles. The quantitative estimate of drug-likeness (QED) is 0.741. The van der Waals surface area contributed by atoms with E-state index >= 15 is 0 Å². The SMILES string of the molecule is O=C1c2cccc(O)c2C(=O)C(Br)C1Br. The number of aromatic hydroxyl groups is 1. The molecule has 2 unspecified atom stereocenters. The van der Waals surface area contributed by atoms with Gasteiger partial charge in [-0.25, -0.2) is 0 Å². The number of halogens is 2. The van der Waals surface area contributed by atoms with E-state index in [1.807, 2.05) is 0 Å². The highest BCUT2D eigenvalue weighted by Crippen LogP contribution is 2.34. The van der Waals surface area contributed by atoms with E-state index in [1.54, 1.807) is 12.1 Å². The van der Waals surface area contributed by atoms with Crippen molar-refractivity contribution in [3.05, 3.63) is 29.3 Å². The van der Waals surface area contributed by atoms with E-state index in [2.05, 4.69) is 31.9 Å². The second-order valence-corrected chi connectivity index (χ2v) is 5.20. The molecule has 1 aliphatic rings. The van der Waals surface area contributed by atoms with Gasteiger partial charge >= 0.3 is 0 Å². The van der Waals surface area contributed by atoms with Crippen molar-refractivity contribution in [2.24, 2.45) is 0 Å². The molecule has 0 saturated carbocycles. The standard InChI is InChI=1S/C10H6Br2O3/c11-7-8(12)10(15)6-4(9(7)14)2-1-3-5(6)13/h1-3,7-8,13H. The fraction of sp³-hybridized carbons (Fsp3) is 0.200. The normalized spacial score (nSPS) is 25.2. The van der Waals surface area contributed by atoms with Crippen LogP contribution in [0.15, 0.2) is 18.2 Å². The predicted octanol–water partition coefficient (Wildman–Crippen LogP) is 2.30. The third-order valence-corrected chi connectivity index (χ3v) is 4.91. The van der Waals surface area contributed by atoms with E-state index in [4.69, 9.17) is 0 Å². The molecule has 15 heavy (non-hydrogen) atoms. The van der Waals surface area contributed by atoms with Crippen LogP contribution in [-0.2, 0) is 0 Å². The largest absolute Gasteiger partial charge is 0.507 e. The Bertz CT molecular complexity index is 456. The first-order valence-electron chi connectivity index (χ1n) is 4.22. The van der Waals surface area contributed by atoms with Crippen molar-refractivity contribution in [1.29, 1.82) is 0 Å². The predicted molar refractivity (Wildman–Crippen MR) is 62.2 cm³/mol. The van der Waals surface area contributed by atoms with E-state index in [1.165, 1.54) is 6.07 Å². The highest BCUT2D eigenvalue weighted by Gasteiger charge is 2.39. The molecular formula is C10H6Br2O3. The smallest absolute Gasteiger partial charge is 0.182 e. The Labute approximate surface area is 103 Å². The highest BCUT2D eigenvalue weighted by molar-refractivity contribution is 9.12. The van der Waals surface area contributed by atoms with Gasteiger partial charge in [0.05, 0.1) is 15.2 Å².